The normalized spacial score (nSPS) is 14.1. The van der Waals surface area contributed by atoms with E-state index < -0.39 is 0 Å². The predicted molar refractivity (Wildman–Crippen MR) is 67.5 cm³/mol. The van der Waals surface area contributed by atoms with Gasteiger partial charge in [-0.1, -0.05) is 11.6 Å². The van der Waals surface area contributed by atoms with Gasteiger partial charge in [0.15, 0.2) is 6.79 Å². The molecule has 0 fully saturated rings. The third kappa shape index (κ3) is 2.14. The zero-order valence-electron chi connectivity index (χ0n) is 9.60. The molecule has 0 saturated carbocycles. The van der Waals surface area contributed by atoms with Crippen LogP contribution < -0.4 is 10.5 Å². The van der Waals surface area contributed by atoms with Gasteiger partial charge in [0.2, 0.25) is 0 Å². The Labute approximate surface area is 109 Å². The highest BCUT2D eigenvalue weighted by Crippen LogP contribution is 2.31. The van der Waals surface area contributed by atoms with Crippen LogP contribution in [-0.2, 0) is 17.9 Å². The summed E-state index contributed by atoms with van der Waals surface area (Å²) in [6.07, 6.45) is 3.36. The van der Waals surface area contributed by atoms with Gasteiger partial charge in [-0.2, -0.15) is 5.10 Å². The van der Waals surface area contributed by atoms with Crippen molar-refractivity contribution in [3.05, 3.63) is 40.7 Å². The smallest absolute Gasteiger partial charge is 0.189 e. The lowest BCUT2D eigenvalue weighted by molar-refractivity contribution is -0.0170. The minimum Gasteiger partial charge on any atom is -0.467 e. The predicted octanol–water partition coefficient (Wildman–Crippen LogP) is 2.03. The molecule has 1 aliphatic heterocycles. The van der Waals surface area contributed by atoms with E-state index in [2.05, 4.69) is 5.10 Å². The van der Waals surface area contributed by atoms with Gasteiger partial charge in [0, 0.05) is 23.0 Å². The molecule has 0 spiro atoms. The number of halogens is 1. The van der Waals surface area contributed by atoms with Crippen molar-refractivity contribution >= 4 is 17.3 Å². The molecule has 18 heavy (non-hydrogen) atoms. The molecular weight excluding hydrogens is 254 g/mol. The topological polar surface area (TPSA) is 62.3 Å². The summed E-state index contributed by atoms with van der Waals surface area (Å²) in [5.41, 5.74) is 8.51. The molecule has 1 aromatic heterocycles. The Balaban J connectivity index is 1.98. The van der Waals surface area contributed by atoms with Crippen LogP contribution in [0.5, 0.6) is 5.75 Å². The van der Waals surface area contributed by atoms with Gasteiger partial charge >= 0.3 is 0 Å². The summed E-state index contributed by atoms with van der Waals surface area (Å²) in [6.45, 7) is 1.36. The first kappa shape index (κ1) is 11.4. The highest BCUT2D eigenvalue weighted by Gasteiger charge is 2.16. The Bertz CT molecular complexity index is 583. The zero-order chi connectivity index (χ0) is 12.5. The second-order valence-corrected chi connectivity index (χ2v) is 4.57. The van der Waals surface area contributed by atoms with E-state index in [9.17, 15) is 0 Å². The average Bonchev–Trinajstić information content (AvgIpc) is 2.74. The summed E-state index contributed by atoms with van der Waals surface area (Å²) in [6, 6.07) is 3.76. The third-order valence-corrected chi connectivity index (χ3v) is 2.94. The summed E-state index contributed by atoms with van der Waals surface area (Å²) < 4.78 is 12.5. The number of nitrogens with zero attached hydrogens (tertiary/aromatic N) is 2. The quantitative estimate of drug-likeness (QED) is 0.844. The van der Waals surface area contributed by atoms with E-state index in [1.165, 1.54) is 0 Å². The van der Waals surface area contributed by atoms with Crippen molar-refractivity contribution in [2.75, 3.05) is 12.5 Å². The largest absolute Gasteiger partial charge is 0.467 e. The summed E-state index contributed by atoms with van der Waals surface area (Å²) >= 11 is 5.84. The maximum absolute atomic E-state index is 5.87. The maximum Gasteiger partial charge on any atom is 0.189 e. The van der Waals surface area contributed by atoms with E-state index in [1.807, 2.05) is 12.1 Å². The van der Waals surface area contributed by atoms with Gasteiger partial charge in [-0.05, 0) is 12.1 Å². The van der Waals surface area contributed by atoms with Gasteiger partial charge in [-0.25, -0.2) is 0 Å². The van der Waals surface area contributed by atoms with Crippen LogP contribution in [0.1, 0.15) is 11.1 Å². The minimum absolute atomic E-state index is 0.268. The van der Waals surface area contributed by atoms with Crippen molar-refractivity contribution < 1.29 is 9.47 Å². The van der Waals surface area contributed by atoms with E-state index >= 15 is 0 Å². The maximum atomic E-state index is 5.87. The number of aromatic nitrogens is 2. The molecular formula is C12H12ClN3O2. The summed E-state index contributed by atoms with van der Waals surface area (Å²) in [7, 11) is 0. The molecule has 0 atom stereocenters. The van der Waals surface area contributed by atoms with Crippen molar-refractivity contribution in [2.45, 2.75) is 13.2 Å². The Kier molecular flexibility index (Phi) is 2.85. The van der Waals surface area contributed by atoms with E-state index in [0.717, 1.165) is 16.9 Å². The van der Waals surface area contributed by atoms with Crippen molar-refractivity contribution in [3.8, 4) is 5.75 Å². The van der Waals surface area contributed by atoms with Crippen molar-refractivity contribution in [2.24, 2.45) is 0 Å². The van der Waals surface area contributed by atoms with Crippen LogP contribution in [0.2, 0.25) is 5.02 Å². The first-order valence-corrected chi connectivity index (χ1v) is 5.90. The van der Waals surface area contributed by atoms with Crippen molar-refractivity contribution in [1.29, 1.82) is 0 Å². The van der Waals surface area contributed by atoms with Gasteiger partial charge in [-0.3, -0.25) is 4.68 Å². The number of rotatable bonds is 2. The van der Waals surface area contributed by atoms with E-state index in [4.69, 9.17) is 26.8 Å². The average molecular weight is 266 g/mol. The Morgan fingerprint density at radius 1 is 1.44 bits per heavy atom. The van der Waals surface area contributed by atoms with Gasteiger partial charge in [0.1, 0.15) is 5.75 Å². The Morgan fingerprint density at radius 3 is 3.11 bits per heavy atom. The monoisotopic (exact) mass is 265 g/mol. The number of hydrogen-bond donors (Lipinski definition) is 1. The molecule has 5 nitrogen and oxygen atoms in total. The summed E-state index contributed by atoms with van der Waals surface area (Å²) in [4.78, 5) is 0. The van der Waals surface area contributed by atoms with Gasteiger partial charge in [0.25, 0.3) is 0 Å². The number of anilines is 1. The standard InChI is InChI=1S/C12H12ClN3O2/c13-10-3-15-16(5-10)4-8-1-11(14)2-9-6-17-7-18-12(8)9/h1-3,5H,4,6-7,14H2. The number of ether oxygens (including phenoxy) is 2. The summed E-state index contributed by atoms with van der Waals surface area (Å²) in [5, 5.41) is 4.76. The van der Waals surface area contributed by atoms with Crippen molar-refractivity contribution in [1.82, 2.24) is 9.78 Å². The molecule has 2 heterocycles. The fourth-order valence-electron chi connectivity index (χ4n) is 2.04. The number of hydrogen-bond acceptors (Lipinski definition) is 4. The zero-order valence-corrected chi connectivity index (χ0v) is 10.4. The molecule has 1 aromatic carbocycles. The first-order valence-electron chi connectivity index (χ1n) is 5.52. The molecule has 0 saturated heterocycles. The molecule has 2 N–H and O–H groups in total. The van der Waals surface area contributed by atoms with E-state index in [0.29, 0.717) is 23.9 Å². The van der Waals surface area contributed by atoms with E-state index in [1.54, 1.807) is 17.1 Å². The molecule has 0 amide bonds. The van der Waals surface area contributed by atoms with Gasteiger partial charge in [-0.15, -0.1) is 0 Å². The number of benzene rings is 1. The van der Waals surface area contributed by atoms with Crippen LogP contribution in [0, 0.1) is 0 Å². The highest BCUT2D eigenvalue weighted by atomic mass is 35.5. The van der Waals surface area contributed by atoms with Crippen LogP contribution in [0.3, 0.4) is 0 Å². The molecule has 0 aliphatic carbocycles. The van der Waals surface area contributed by atoms with Crippen LogP contribution in [-0.4, -0.2) is 16.6 Å². The second kappa shape index (κ2) is 4.51. The Morgan fingerprint density at radius 2 is 2.33 bits per heavy atom. The lowest BCUT2D eigenvalue weighted by Crippen LogP contribution is -2.15. The molecule has 1 aliphatic rings. The van der Waals surface area contributed by atoms with Gasteiger partial charge in [0.05, 0.1) is 24.4 Å². The molecule has 6 heteroatoms. The molecule has 3 rings (SSSR count). The first-order chi connectivity index (χ1) is 8.72. The number of nitrogen functional groups attached to an aromatic ring is 1. The highest BCUT2D eigenvalue weighted by molar-refractivity contribution is 6.30. The lowest BCUT2D eigenvalue weighted by atomic mass is 10.1. The number of fused-ring (bicyclic) bond motifs is 1. The van der Waals surface area contributed by atoms with Crippen LogP contribution in [0.15, 0.2) is 24.5 Å². The lowest BCUT2D eigenvalue weighted by Gasteiger charge is -2.21. The molecule has 94 valence electrons. The van der Waals surface area contributed by atoms with Crippen molar-refractivity contribution in [3.63, 3.8) is 0 Å². The Hall–Kier alpha value is -1.72. The minimum atomic E-state index is 0.268. The molecule has 2 aromatic rings. The van der Waals surface area contributed by atoms with E-state index in [-0.39, 0.29) is 6.79 Å². The fraction of sp³-hybridized carbons (Fsp3) is 0.250. The van der Waals surface area contributed by atoms with Crippen LogP contribution >= 0.6 is 11.6 Å². The molecule has 0 radical (unpaired) electrons. The number of nitrogens with two attached hydrogens (primary N) is 1. The van der Waals surface area contributed by atoms with Crippen LogP contribution in [0.25, 0.3) is 0 Å². The van der Waals surface area contributed by atoms with Crippen LogP contribution in [0.4, 0.5) is 5.69 Å². The molecule has 0 unspecified atom stereocenters. The van der Waals surface area contributed by atoms with Gasteiger partial charge < -0.3 is 15.2 Å². The summed E-state index contributed by atoms with van der Waals surface area (Å²) in [5.74, 6) is 0.835. The second-order valence-electron chi connectivity index (χ2n) is 4.14. The third-order valence-electron chi connectivity index (χ3n) is 2.74. The SMILES string of the molecule is Nc1cc2c(c(Cn3cc(Cl)cn3)c1)OCOC2. The molecule has 0 bridgehead atoms. The fourth-order valence-corrected chi connectivity index (χ4v) is 2.20.